The number of halogens is 2. The van der Waals surface area contributed by atoms with Crippen molar-refractivity contribution in [3.8, 4) is 0 Å². The maximum atomic E-state index is 11.1. The standard InChI is InChI=1S/C12H15Br2NO2S/c13-10-4-8(18-11(10)14)6-15-5-7-2-1-3-9(7)12(16)17/h4,7,9,15H,1-3,5-6H2,(H,16,17). The molecule has 1 aliphatic carbocycles. The van der Waals surface area contributed by atoms with E-state index in [1.54, 1.807) is 11.3 Å². The van der Waals surface area contributed by atoms with E-state index in [9.17, 15) is 4.79 Å². The summed E-state index contributed by atoms with van der Waals surface area (Å²) in [4.78, 5) is 12.3. The van der Waals surface area contributed by atoms with Crippen molar-refractivity contribution < 1.29 is 9.90 Å². The first-order valence-corrected chi connectivity index (χ1v) is 8.35. The van der Waals surface area contributed by atoms with Gasteiger partial charge < -0.3 is 10.4 Å². The summed E-state index contributed by atoms with van der Waals surface area (Å²) in [5.41, 5.74) is 0. The summed E-state index contributed by atoms with van der Waals surface area (Å²) in [5, 5.41) is 12.5. The van der Waals surface area contributed by atoms with E-state index in [1.165, 1.54) is 4.88 Å². The Balaban J connectivity index is 1.80. The van der Waals surface area contributed by atoms with Crippen molar-refractivity contribution in [2.45, 2.75) is 25.8 Å². The third-order valence-electron chi connectivity index (χ3n) is 3.38. The second-order valence-electron chi connectivity index (χ2n) is 4.60. The number of hydrogen-bond acceptors (Lipinski definition) is 3. The first-order chi connectivity index (χ1) is 8.58. The Bertz CT molecular complexity index is 416. The van der Waals surface area contributed by atoms with E-state index in [0.29, 0.717) is 0 Å². The molecule has 18 heavy (non-hydrogen) atoms. The smallest absolute Gasteiger partial charge is 0.306 e. The van der Waals surface area contributed by atoms with Crippen LogP contribution < -0.4 is 5.32 Å². The molecule has 0 radical (unpaired) electrons. The Labute approximate surface area is 127 Å². The zero-order valence-electron chi connectivity index (χ0n) is 9.79. The number of aliphatic carboxylic acids is 1. The largest absolute Gasteiger partial charge is 0.481 e. The molecule has 1 fully saturated rings. The Hall–Kier alpha value is 0.0900. The lowest BCUT2D eigenvalue weighted by molar-refractivity contribution is -0.142. The number of carboxylic acid groups (broad SMARTS) is 1. The molecule has 3 nitrogen and oxygen atoms in total. The first-order valence-electron chi connectivity index (χ1n) is 5.95. The van der Waals surface area contributed by atoms with Crippen LogP contribution in [0.4, 0.5) is 0 Å². The summed E-state index contributed by atoms with van der Waals surface area (Å²) >= 11 is 8.62. The quantitative estimate of drug-likeness (QED) is 0.794. The molecule has 1 aromatic rings. The Morgan fingerprint density at radius 2 is 2.28 bits per heavy atom. The molecule has 0 saturated heterocycles. The normalized spacial score (nSPS) is 23.4. The molecule has 1 heterocycles. The number of thiophene rings is 1. The zero-order valence-corrected chi connectivity index (χ0v) is 13.8. The molecule has 0 aliphatic heterocycles. The van der Waals surface area contributed by atoms with Gasteiger partial charge in [0.1, 0.15) is 0 Å². The third kappa shape index (κ3) is 3.56. The van der Waals surface area contributed by atoms with E-state index in [0.717, 1.165) is 40.6 Å². The van der Waals surface area contributed by atoms with E-state index in [-0.39, 0.29) is 11.8 Å². The van der Waals surface area contributed by atoms with Crippen LogP contribution in [-0.4, -0.2) is 17.6 Å². The van der Waals surface area contributed by atoms with Gasteiger partial charge in [-0.25, -0.2) is 0 Å². The monoisotopic (exact) mass is 395 g/mol. The van der Waals surface area contributed by atoms with E-state index in [1.807, 2.05) is 0 Å². The molecule has 2 unspecified atom stereocenters. The lowest BCUT2D eigenvalue weighted by Gasteiger charge is -2.15. The number of rotatable bonds is 5. The highest BCUT2D eigenvalue weighted by Crippen LogP contribution is 2.33. The van der Waals surface area contributed by atoms with Crippen molar-refractivity contribution in [3.63, 3.8) is 0 Å². The Morgan fingerprint density at radius 1 is 1.50 bits per heavy atom. The van der Waals surface area contributed by atoms with Crippen LogP contribution in [0.3, 0.4) is 0 Å². The van der Waals surface area contributed by atoms with Gasteiger partial charge in [-0.1, -0.05) is 6.42 Å². The van der Waals surface area contributed by atoms with Crippen molar-refractivity contribution in [1.82, 2.24) is 5.32 Å². The zero-order chi connectivity index (χ0) is 13.1. The van der Waals surface area contributed by atoms with Crippen molar-refractivity contribution in [2.75, 3.05) is 6.54 Å². The Morgan fingerprint density at radius 3 is 2.89 bits per heavy atom. The van der Waals surface area contributed by atoms with Crippen LogP contribution in [0, 0.1) is 11.8 Å². The predicted molar refractivity (Wildman–Crippen MR) is 79.9 cm³/mol. The molecule has 6 heteroatoms. The van der Waals surface area contributed by atoms with E-state index in [2.05, 4.69) is 43.2 Å². The lowest BCUT2D eigenvalue weighted by atomic mass is 9.96. The minimum Gasteiger partial charge on any atom is -0.481 e. The van der Waals surface area contributed by atoms with Crippen LogP contribution in [0.5, 0.6) is 0 Å². The fraction of sp³-hybridized carbons (Fsp3) is 0.583. The van der Waals surface area contributed by atoms with Gasteiger partial charge >= 0.3 is 5.97 Å². The highest BCUT2D eigenvalue weighted by molar-refractivity contribution is 9.13. The molecule has 1 saturated carbocycles. The highest BCUT2D eigenvalue weighted by Gasteiger charge is 2.32. The molecule has 100 valence electrons. The third-order valence-corrected chi connectivity index (χ3v) is 6.63. The van der Waals surface area contributed by atoms with Gasteiger partial charge in [0.2, 0.25) is 0 Å². The molecular formula is C12H15Br2NO2S. The second-order valence-corrected chi connectivity index (χ2v) is 7.91. The van der Waals surface area contributed by atoms with Gasteiger partial charge in [-0.05, 0) is 63.2 Å². The SMILES string of the molecule is O=C(O)C1CCCC1CNCc1cc(Br)c(Br)s1. The number of carboxylic acids is 1. The van der Waals surface area contributed by atoms with Gasteiger partial charge in [-0.15, -0.1) is 11.3 Å². The second kappa shape index (κ2) is 6.50. The number of nitrogens with one attached hydrogen (secondary N) is 1. The fourth-order valence-electron chi connectivity index (χ4n) is 2.47. The van der Waals surface area contributed by atoms with Crippen LogP contribution in [0.2, 0.25) is 0 Å². The minimum atomic E-state index is -0.638. The fourth-order valence-corrected chi connectivity index (χ4v) is 4.61. The molecule has 2 atom stereocenters. The summed E-state index contributed by atoms with van der Waals surface area (Å²) in [6.45, 7) is 1.60. The van der Waals surface area contributed by atoms with Crippen molar-refractivity contribution >= 4 is 49.2 Å². The van der Waals surface area contributed by atoms with Gasteiger partial charge in [0.25, 0.3) is 0 Å². The minimum absolute atomic E-state index is 0.153. The summed E-state index contributed by atoms with van der Waals surface area (Å²) in [7, 11) is 0. The van der Waals surface area contributed by atoms with E-state index < -0.39 is 5.97 Å². The Kier molecular flexibility index (Phi) is 5.24. The van der Waals surface area contributed by atoms with Crippen molar-refractivity contribution in [1.29, 1.82) is 0 Å². The van der Waals surface area contributed by atoms with E-state index in [4.69, 9.17) is 5.11 Å². The summed E-state index contributed by atoms with van der Waals surface area (Å²) in [6.07, 6.45) is 2.90. The molecule has 0 aromatic carbocycles. The molecule has 0 bridgehead atoms. The molecule has 1 aliphatic rings. The van der Waals surface area contributed by atoms with Crippen LogP contribution in [0.1, 0.15) is 24.1 Å². The van der Waals surface area contributed by atoms with Crippen LogP contribution in [-0.2, 0) is 11.3 Å². The molecule has 2 rings (SSSR count). The van der Waals surface area contributed by atoms with E-state index >= 15 is 0 Å². The molecule has 0 amide bonds. The topological polar surface area (TPSA) is 49.3 Å². The molecule has 1 aromatic heterocycles. The van der Waals surface area contributed by atoms with Gasteiger partial charge in [0.15, 0.2) is 0 Å². The molecule has 2 N–H and O–H groups in total. The lowest BCUT2D eigenvalue weighted by Crippen LogP contribution is -2.28. The maximum Gasteiger partial charge on any atom is 0.306 e. The van der Waals surface area contributed by atoms with Gasteiger partial charge in [-0.2, -0.15) is 0 Å². The predicted octanol–water partition coefficient (Wildman–Crippen LogP) is 3.86. The summed E-state index contributed by atoms with van der Waals surface area (Å²) < 4.78 is 2.18. The van der Waals surface area contributed by atoms with Crippen LogP contribution in [0.15, 0.2) is 14.3 Å². The van der Waals surface area contributed by atoms with Crippen molar-refractivity contribution in [3.05, 3.63) is 19.2 Å². The average Bonchev–Trinajstić information content (AvgIpc) is 2.87. The van der Waals surface area contributed by atoms with Gasteiger partial charge in [0.05, 0.1) is 9.70 Å². The number of hydrogen-bond donors (Lipinski definition) is 2. The highest BCUT2D eigenvalue weighted by atomic mass is 79.9. The maximum absolute atomic E-state index is 11.1. The van der Waals surface area contributed by atoms with Gasteiger partial charge in [0, 0.05) is 15.9 Å². The molecular weight excluding hydrogens is 382 g/mol. The van der Waals surface area contributed by atoms with Gasteiger partial charge in [-0.3, -0.25) is 4.79 Å². The summed E-state index contributed by atoms with van der Waals surface area (Å²) in [6, 6.07) is 2.09. The van der Waals surface area contributed by atoms with Crippen LogP contribution >= 0.6 is 43.2 Å². The molecule has 0 spiro atoms. The average molecular weight is 397 g/mol. The van der Waals surface area contributed by atoms with Crippen molar-refractivity contribution in [2.24, 2.45) is 11.8 Å². The summed E-state index contributed by atoms with van der Waals surface area (Å²) in [5.74, 6) is -0.505. The first kappa shape index (κ1) is 14.5. The number of carbonyl (C=O) groups is 1. The van der Waals surface area contributed by atoms with Crippen LogP contribution in [0.25, 0.3) is 0 Å².